The summed E-state index contributed by atoms with van der Waals surface area (Å²) in [4.78, 5) is 41.7. The van der Waals surface area contributed by atoms with Gasteiger partial charge in [-0.1, -0.05) is 51.3 Å². The van der Waals surface area contributed by atoms with Crippen LogP contribution in [0.25, 0.3) is 0 Å². The van der Waals surface area contributed by atoms with Crippen LogP contribution in [-0.4, -0.2) is 36.9 Å². The third kappa shape index (κ3) is 3.90. The van der Waals surface area contributed by atoms with Crippen molar-refractivity contribution in [3.05, 3.63) is 41.0 Å². The Morgan fingerprint density at radius 1 is 1.12 bits per heavy atom. The lowest BCUT2D eigenvalue weighted by molar-refractivity contribution is -0.166. The predicted octanol–water partition coefficient (Wildman–Crippen LogP) is 5.24. The number of hydrogen-bond donors (Lipinski definition) is 0. The minimum Gasteiger partial charge on any atom is -0.449 e. The highest BCUT2D eigenvalue weighted by atomic mass is 16.6. The first-order chi connectivity index (χ1) is 16.3. The molecule has 1 aliphatic carbocycles. The molecule has 0 saturated carbocycles. The first kappa shape index (κ1) is 24.6. The summed E-state index contributed by atoms with van der Waals surface area (Å²) in [5, 5.41) is 0. The zero-order valence-electron chi connectivity index (χ0n) is 20.9. The molecule has 1 fully saturated rings. The van der Waals surface area contributed by atoms with Crippen molar-refractivity contribution in [3.63, 3.8) is 0 Å². The Balaban J connectivity index is 1.63. The molecule has 1 saturated heterocycles. The number of para-hydroxylation sites is 1. The molecule has 34 heavy (non-hydrogen) atoms. The van der Waals surface area contributed by atoms with Gasteiger partial charge in [0, 0.05) is 36.2 Å². The van der Waals surface area contributed by atoms with Gasteiger partial charge < -0.3 is 14.4 Å². The SMILES string of the molecule is CCCCCC(=O)O[C@@]12CCO[C@@H]1N(C[C@]1(C)C(=O)C(C)=C(CCCC)C1=O)c1ccccc12. The van der Waals surface area contributed by atoms with Gasteiger partial charge in [0.2, 0.25) is 0 Å². The Kier molecular flexibility index (Phi) is 6.99. The lowest BCUT2D eigenvalue weighted by atomic mass is 9.82. The number of allylic oxidation sites excluding steroid dienone is 2. The second-order valence-corrected chi connectivity index (χ2v) is 10.1. The van der Waals surface area contributed by atoms with Crippen molar-refractivity contribution in [3.8, 4) is 0 Å². The molecule has 0 radical (unpaired) electrons. The Morgan fingerprint density at radius 3 is 2.59 bits per heavy atom. The van der Waals surface area contributed by atoms with Crippen LogP contribution in [0.5, 0.6) is 0 Å². The molecule has 0 aromatic heterocycles. The van der Waals surface area contributed by atoms with E-state index >= 15 is 0 Å². The maximum Gasteiger partial charge on any atom is 0.306 e. The normalized spacial score (nSPS) is 28.0. The van der Waals surface area contributed by atoms with Crippen LogP contribution >= 0.6 is 0 Å². The lowest BCUT2D eigenvalue weighted by Gasteiger charge is -2.35. The summed E-state index contributed by atoms with van der Waals surface area (Å²) in [5.74, 6) is -0.402. The number of ether oxygens (including phenoxy) is 2. The van der Waals surface area contributed by atoms with Crippen molar-refractivity contribution in [2.75, 3.05) is 18.1 Å². The van der Waals surface area contributed by atoms with Gasteiger partial charge in [0.05, 0.1) is 6.61 Å². The fourth-order valence-corrected chi connectivity index (χ4v) is 5.79. The van der Waals surface area contributed by atoms with Gasteiger partial charge in [-0.05, 0) is 44.7 Å². The zero-order chi connectivity index (χ0) is 24.5. The average molecular weight is 468 g/mol. The lowest BCUT2D eigenvalue weighted by Crippen LogP contribution is -2.51. The molecule has 0 N–H and O–H groups in total. The molecule has 1 aromatic rings. The van der Waals surface area contributed by atoms with Gasteiger partial charge in [-0.2, -0.15) is 0 Å². The molecule has 0 spiro atoms. The molecule has 0 amide bonds. The quantitative estimate of drug-likeness (QED) is 0.266. The smallest absolute Gasteiger partial charge is 0.306 e. The van der Waals surface area contributed by atoms with Crippen molar-refractivity contribution in [2.45, 2.75) is 90.9 Å². The Labute approximate surface area is 202 Å². The molecule has 0 unspecified atom stereocenters. The van der Waals surface area contributed by atoms with E-state index in [-0.39, 0.29) is 24.1 Å². The van der Waals surface area contributed by atoms with Crippen LogP contribution in [0.1, 0.15) is 84.6 Å². The van der Waals surface area contributed by atoms with Crippen molar-refractivity contribution < 1.29 is 23.9 Å². The summed E-state index contributed by atoms with van der Waals surface area (Å²) in [7, 11) is 0. The highest BCUT2D eigenvalue weighted by molar-refractivity contribution is 6.27. The maximum atomic E-state index is 13.5. The average Bonchev–Trinajstić information content (AvgIpc) is 3.39. The summed E-state index contributed by atoms with van der Waals surface area (Å²) in [6, 6.07) is 7.81. The monoisotopic (exact) mass is 467 g/mol. The fourth-order valence-electron chi connectivity index (χ4n) is 5.79. The number of esters is 1. The van der Waals surface area contributed by atoms with Gasteiger partial charge in [-0.25, -0.2) is 0 Å². The minimum absolute atomic E-state index is 0.0759. The Hall–Kier alpha value is -2.47. The van der Waals surface area contributed by atoms with E-state index in [1.807, 2.05) is 29.2 Å². The molecular weight excluding hydrogens is 430 g/mol. The fraction of sp³-hybridized carbons (Fsp3) is 0.607. The number of fused-ring (bicyclic) bond motifs is 3. The van der Waals surface area contributed by atoms with E-state index in [0.29, 0.717) is 37.0 Å². The number of nitrogens with zero attached hydrogens (tertiary/aromatic N) is 1. The van der Waals surface area contributed by atoms with Crippen molar-refractivity contribution in [1.82, 2.24) is 0 Å². The van der Waals surface area contributed by atoms with Crippen LogP contribution in [0.15, 0.2) is 35.4 Å². The Morgan fingerprint density at radius 2 is 1.85 bits per heavy atom. The third-order valence-corrected chi connectivity index (χ3v) is 7.72. The predicted molar refractivity (Wildman–Crippen MR) is 130 cm³/mol. The van der Waals surface area contributed by atoms with E-state index in [9.17, 15) is 14.4 Å². The third-order valence-electron chi connectivity index (χ3n) is 7.72. The van der Waals surface area contributed by atoms with Crippen molar-refractivity contribution in [2.24, 2.45) is 5.41 Å². The summed E-state index contributed by atoms with van der Waals surface area (Å²) in [6.07, 6.45) is 5.71. The molecular formula is C28H37NO5. The highest BCUT2D eigenvalue weighted by Gasteiger charge is 2.61. The zero-order valence-corrected chi connectivity index (χ0v) is 20.9. The van der Waals surface area contributed by atoms with Gasteiger partial charge in [0.25, 0.3) is 0 Å². The second-order valence-electron chi connectivity index (χ2n) is 10.1. The van der Waals surface area contributed by atoms with Gasteiger partial charge in [0.15, 0.2) is 23.4 Å². The molecule has 0 bridgehead atoms. The Bertz CT molecular complexity index is 1010. The first-order valence-electron chi connectivity index (χ1n) is 12.8. The standard InChI is InChI=1S/C28H37NO5/c1-5-7-9-15-23(30)34-28-16-17-33-26(28)29(22-14-11-10-13-21(22)28)18-27(4)24(31)19(3)20(25(27)32)12-8-6-2/h10-11,13-14,26H,5-9,12,15-18H2,1-4H3/t26-,27+,28+/m0/s1. The molecule has 184 valence electrons. The number of Topliss-reactive ketones (excluding diaryl/α,β-unsaturated/α-hetero) is 2. The van der Waals surface area contributed by atoms with Crippen LogP contribution in [0, 0.1) is 5.41 Å². The summed E-state index contributed by atoms with van der Waals surface area (Å²) in [5.41, 5.74) is 0.952. The van der Waals surface area contributed by atoms with Crippen LogP contribution < -0.4 is 4.90 Å². The number of benzene rings is 1. The van der Waals surface area contributed by atoms with Gasteiger partial charge in [0.1, 0.15) is 5.41 Å². The van der Waals surface area contributed by atoms with Crippen LogP contribution in [0.2, 0.25) is 0 Å². The van der Waals surface area contributed by atoms with Gasteiger partial charge in [-0.3, -0.25) is 14.4 Å². The summed E-state index contributed by atoms with van der Waals surface area (Å²) < 4.78 is 12.3. The van der Waals surface area contributed by atoms with Gasteiger partial charge >= 0.3 is 5.97 Å². The molecule has 3 atom stereocenters. The maximum absolute atomic E-state index is 13.5. The highest BCUT2D eigenvalue weighted by Crippen LogP contribution is 2.53. The molecule has 2 aliphatic heterocycles. The second kappa shape index (κ2) is 9.65. The summed E-state index contributed by atoms with van der Waals surface area (Å²) >= 11 is 0. The molecule has 4 rings (SSSR count). The van der Waals surface area contributed by atoms with E-state index in [1.165, 1.54) is 0 Å². The van der Waals surface area contributed by atoms with Crippen molar-refractivity contribution in [1.29, 1.82) is 0 Å². The number of ketones is 2. The number of rotatable bonds is 10. The van der Waals surface area contributed by atoms with E-state index in [0.717, 1.165) is 43.4 Å². The molecule has 2 heterocycles. The van der Waals surface area contributed by atoms with Crippen LogP contribution in [0.3, 0.4) is 0 Å². The molecule has 6 heteroatoms. The molecule has 3 aliphatic rings. The van der Waals surface area contributed by atoms with E-state index < -0.39 is 17.2 Å². The van der Waals surface area contributed by atoms with E-state index in [1.54, 1.807) is 13.8 Å². The first-order valence-corrected chi connectivity index (χ1v) is 12.8. The van der Waals surface area contributed by atoms with Crippen LogP contribution in [-0.2, 0) is 29.5 Å². The van der Waals surface area contributed by atoms with Gasteiger partial charge in [-0.15, -0.1) is 0 Å². The number of anilines is 1. The van der Waals surface area contributed by atoms with Crippen molar-refractivity contribution >= 4 is 23.2 Å². The number of unbranched alkanes of at least 4 members (excludes halogenated alkanes) is 3. The minimum atomic E-state index is -1.17. The van der Waals surface area contributed by atoms with E-state index in [2.05, 4.69) is 13.8 Å². The largest absolute Gasteiger partial charge is 0.449 e. The number of carbonyl (C=O) groups excluding carboxylic acids is 3. The topological polar surface area (TPSA) is 72.9 Å². The number of carbonyl (C=O) groups is 3. The molecule has 1 aromatic carbocycles. The summed E-state index contributed by atoms with van der Waals surface area (Å²) in [6.45, 7) is 8.38. The van der Waals surface area contributed by atoms with Crippen LogP contribution in [0.4, 0.5) is 5.69 Å². The van der Waals surface area contributed by atoms with E-state index in [4.69, 9.17) is 9.47 Å². The number of hydrogen-bond acceptors (Lipinski definition) is 6. The molecule has 6 nitrogen and oxygen atoms in total.